The van der Waals surface area contributed by atoms with Gasteiger partial charge in [0.2, 0.25) is 21.1 Å². The number of carbonyl (C=O) groups is 1. The van der Waals surface area contributed by atoms with Crippen LogP contribution in [0, 0.1) is 6.92 Å². The van der Waals surface area contributed by atoms with Crippen LogP contribution in [-0.2, 0) is 19.6 Å². The zero-order valence-electron chi connectivity index (χ0n) is 17.6. The number of nitrogens with zero attached hydrogens (tertiary/aromatic N) is 3. The summed E-state index contributed by atoms with van der Waals surface area (Å²) < 4.78 is 33.3. The van der Waals surface area contributed by atoms with Crippen LogP contribution in [0.2, 0.25) is 0 Å². The van der Waals surface area contributed by atoms with Crippen molar-refractivity contribution in [3.05, 3.63) is 23.8 Å². The van der Waals surface area contributed by atoms with Crippen LogP contribution in [0.1, 0.15) is 25.3 Å². The summed E-state index contributed by atoms with van der Waals surface area (Å²) in [5.74, 6) is -0.0810. The second-order valence-electron chi connectivity index (χ2n) is 6.99. The third-order valence-corrected chi connectivity index (χ3v) is 8.65. The SMILES string of the molecule is CCCCNc1nnc(SCC(=O)Nc2ccc(C)c(S(=O)(=O)N3CCOCC3)c2)s1. The quantitative estimate of drug-likeness (QED) is 0.390. The van der Waals surface area contributed by atoms with Gasteiger partial charge in [-0.3, -0.25) is 4.79 Å². The molecule has 9 nitrogen and oxygen atoms in total. The number of nitrogens with one attached hydrogen (secondary N) is 2. The fraction of sp³-hybridized carbons (Fsp3) is 0.526. The normalized spacial score (nSPS) is 15.0. The van der Waals surface area contributed by atoms with Gasteiger partial charge in [-0.1, -0.05) is 42.5 Å². The largest absolute Gasteiger partial charge is 0.379 e. The zero-order chi connectivity index (χ0) is 22.3. The van der Waals surface area contributed by atoms with Crippen molar-refractivity contribution in [2.24, 2.45) is 0 Å². The number of aromatic nitrogens is 2. The molecule has 0 aliphatic carbocycles. The molecular formula is C19H27N5O4S3. The Bertz CT molecular complexity index is 990. The summed E-state index contributed by atoms with van der Waals surface area (Å²) in [5, 5.41) is 14.9. The fourth-order valence-corrected chi connectivity index (χ4v) is 6.15. The molecule has 0 atom stereocenters. The van der Waals surface area contributed by atoms with Crippen LogP contribution in [0.25, 0.3) is 0 Å². The van der Waals surface area contributed by atoms with Gasteiger partial charge in [-0.2, -0.15) is 4.31 Å². The molecule has 0 radical (unpaired) electrons. The molecule has 1 aliphatic heterocycles. The molecule has 3 rings (SSSR count). The first kappa shape index (κ1) is 23.9. The summed E-state index contributed by atoms with van der Waals surface area (Å²) in [4.78, 5) is 12.6. The number of unbranched alkanes of at least 4 members (excludes halogenated alkanes) is 1. The van der Waals surface area contributed by atoms with E-state index in [9.17, 15) is 13.2 Å². The van der Waals surface area contributed by atoms with Crippen LogP contribution < -0.4 is 10.6 Å². The van der Waals surface area contributed by atoms with Crippen molar-refractivity contribution in [1.29, 1.82) is 0 Å². The van der Waals surface area contributed by atoms with E-state index < -0.39 is 10.0 Å². The number of carbonyl (C=O) groups excluding carboxylic acids is 1. The molecule has 1 fully saturated rings. The van der Waals surface area contributed by atoms with Gasteiger partial charge in [0, 0.05) is 25.3 Å². The lowest BCUT2D eigenvalue weighted by molar-refractivity contribution is -0.113. The van der Waals surface area contributed by atoms with Gasteiger partial charge in [-0.05, 0) is 31.0 Å². The minimum Gasteiger partial charge on any atom is -0.379 e. The molecule has 1 aliphatic rings. The van der Waals surface area contributed by atoms with E-state index in [4.69, 9.17) is 4.74 Å². The first-order chi connectivity index (χ1) is 14.9. The smallest absolute Gasteiger partial charge is 0.243 e. The van der Waals surface area contributed by atoms with Crippen LogP contribution in [0.3, 0.4) is 0 Å². The highest BCUT2D eigenvalue weighted by atomic mass is 32.2. The number of hydrogen-bond donors (Lipinski definition) is 2. The van der Waals surface area contributed by atoms with Gasteiger partial charge in [-0.15, -0.1) is 10.2 Å². The third-order valence-electron chi connectivity index (χ3n) is 4.60. The molecule has 170 valence electrons. The Hall–Kier alpha value is -1.73. The molecule has 31 heavy (non-hydrogen) atoms. The molecule has 0 unspecified atom stereocenters. The number of benzene rings is 1. The number of morpholine rings is 1. The van der Waals surface area contributed by atoms with E-state index in [0.717, 1.165) is 24.5 Å². The van der Waals surface area contributed by atoms with Crippen molar-refractivity contribution in [1.82, 2.24) is 14.5 Å². The lowest BCUT2D eigenvalue weighted by atomic mass is 10.2. The zero-order valence-corrected chi connectivity index (χ0v) is 20.0. The van der Waals surface area contributed by atoms with E-state index in [-0.39, 0.29) is 16.6 Å². The number of anilines is 2. The predicted molar refractivity (Wildman–Crippen MR) is 123 cm³/mol. The molecule has 1 aromatic heterocycles. The number of ether oxygens (including phenoxy) is 1. The molecule has 12 heteroatoms. The van der Waals surface area contributed by atoms with Crippen LogP contribution in [0.5, 0.6) is 0 Å². The monoisotopic (exact) mass is 485 g/mol. The number of thioether (sulfide) groups is 1. The maximum absolute atomic E-state index is 13.0. The Morgan fingerprint density at radius 2 is 2.06 bits per heavy atom. The summed E-state index contributed by atoms with van der Waals surface area (Å²) >= 11 is 2.71. The maximum atomic E-state index is 13.0. The summed E-state index contributed by atoms with van der Waals surface area (Å²) in [7, 11) is -3.64. The van der Waals surface area contributed by atoms with Gasteiger partial charge in [0.25, 0.3) is 0 Å². The first-order valence-corrected chi connectivity index (χ1v) is 13.3. The molecule has 1 saturated heterocycles. The van der Waals surface area contributed by atoms with Gasteiger partial charge in [0.05, 0.1) is 23.9 Å². The second-order valence-corrected chi connectivity index (χ2v) is 11.1. The summed E-state index contributed by atoms with van der Waals surface area (Å²) in [6.45, 7) is 6.13. The molecule has 0 spiro atoms. The summed E-state index contributed by atoms with van der Waals surface area (Å²) in [6.07, 6.45) is 2.16. The van der Waals surface area contributed by atoms with Crippen molar-refractivity contribution < 1.29 is 17.9 Å². The van der Waals surface area contributed by atoms with Crippen LogP contribution in [0.4, 0.5) is 10.8 Å². The highest BCUT2D eigenvalue weighted by molar-refractivity contribution is 8.01. The van der Waals surface area contributed by atoms with E-state index in [2.05, 4.69) is 27.8 Å². The average molecular weight is 486 g/mol. The number of hydrogen-bond acceptors (Lipinski definition) is 9. The van der Waals surface area contributed by atoms with Crippen LogP contribution in [0.15, 0.2) is 27.4 Å². The fourth-order valence-electron chi connectivity index (χ4n) is 2.92. The lowest BCUT2D eigenvalue weighted by Gasteiger charge is -2.26. The number of amides is 1. The topological polar surface area (TPSA) is 114 Å². The molecular weight excluding hydrogens is 458 g/mol. The van der Waals surface area contributed by atoms with E-state index in [0.29, 0.717) is 41.9 Å². The molecule has 2 heterocycles. The molecule has 2 N–H and O–H groups in total. The van der Waals surface area contributed by atoms with Crippen molar-refractivity contribution in [2.45, 2.75) is 35.9 Å². The highest BCUT2D eigenvalue weighted by Gasteiger charge is 2.28. The van der Waals surface area contributed by atoms with E-state index in [1.807, 2.05) is 0 Å². The highest BCUT2D eigenvalue weighted by Crippen LogP contribution is 2.27. The molecule has 0 bridgehead atoms. The second kappa shape index (κ2) is 11.2. The Labute approximate surface area is 191 Å². The third kappa shape index (κ3) is 6.62. The lowest BCUT2D eigenvalue weighted by Crippen LogP contribution is -2.40. The van der Waals surface area contributed by atoms with E-state index in [1.54, 1.807) is 19.1 Å². The van der Waals surface area contributed by atoms with Gasteiger partial charge < -0.3 is 15.4 Å². The molecule has 0 saturated carbocycles. The average Bonchev–Trinajstić information content (AvgIpc) is 3.22. The van der Waals surface area contributed by atoms with Crippen molar-refractivity contribution in [3.8, 4) is 0 Å². The number of sulfonamides is 1. The Kier molecular flexibility index (Phi) is 8.67. The number of aryl methyl sites for hydroxylation is 1. The van der Waals surface area contributed by atoms with Gasteiger partial charge in [-0.25, -0.2) is 8.42 Å². The van der Waals surface area contributed by atoms with Crippen molar-refractivity contribution in [3.63, 3.8) is 0 Å². The van der Waals surface area contributed by atoms with E-state index >= 15 is 0 Å². The van der Waals surface area contributed by atoms with Crippen LogP contribution >= 0.6 is 23.1 Å². The van der Waals surface area contributed by atoms with Crippen molar-refractivity contribution >= 4 is 49.8 Å². The maximum Gasteiger partial charge on any atom is 0.243 e. The minimum atomic E-state index is -3.64. The van der Waals surface area contributed by atoms with Gasteiger partial charge in [0.15, 0.2) is 4.34 Å². The molecule has 2 aromatic rings. The van der Waals surface area contributed by atoms with Crippen molar-refractivity contribution in [2.75, 3.05) is 49.2 Å². The van der Waals surface area contributed by atoms with Gasteiger partial charge >= 0.3 is 0 Å². The minimum absolute atomic E-state index is 0.156. The first-order valence-electron chi connectivity index (χ1n) is 10.1. The summed E-state index contributed by atoms with van der Waals surface area (Å²) in [6, 6.07) is 4.93. The number of rotatable bonds is 10. The summed E-state index contributed by atoms with van der Waals surface area (Å²) in [5.41, 5.74) is 1.08. The van der Waals surface area contributed by atoms with Gasteiger partial charge in [0.1, 0.15) is 0 Å². The predicted octanol–water partition coefficient (Wildman–Crippen LogP) is 2.81. The molecule has 1 amide bonds. The Morgan fingerprint density at radius 1 is 1.29 bits per heavy atom. The Morgan fingerprint density at radius 3 is 2.81 bits per heavy atom. The Balaban J connectivity index is 1.58. The van der Waals surface area contributed by atoms with Crippen LogP contribution in [-0.4, -0.2) is 67.4 Å². The standard InChI is InChI=1S/C19H27N5O4S3/c1-3-4-7-20-18-22-23-19(30-18)29-13-17(25)21-15-6-5-14(2)16(12-15)31(26,27)24-8-10-28-11-9-24/h5-6,12H,3-4,7-11,13H2,1-2H3,(H,20,22)(H,21,25). The van der Waals surface area contributed by atoms with E-state index in [1.165, 1.54) is 33.5 Å². The molecule has 1 aromatic carbocycles.